The normalized spacial score (nSPS) is 12.5. The number of hydrogen-bond acceptors (Lipinski definition) is 0. The summed E-state index contributed by atoms with van der Waals surface area (Å²) in [5.41, 5.74) is 11.4. The maximum Gasteiger partial charge on any atom is 0.0191 e. The second kappa shape index (κ2) is 38.5. The van der Waals surface area contributed by atoms with Crippen molar-refractivity contribution in [3.63, 3.8) is 0 Å². The minimum Gasteiger partial charge on any atom is -0.112 e. The molecule has 0 heterocycles. The molecule has 41 heavy (non-hydrogen) atoms. The van der Waals surface area contributed by atoms with Crippen LogP contribution in [0.15, 0.2) is 64.0 Å². The van der Waals surface area contributed by atoms with Gasteiger partial charge in [0.2, 0.25) is 0 Å². The molecule has 0 nitrogen and oxygen atoms in total. The van der Waals surface area contributed by atoms with E-state index in [-0.39, 0.29) is 0 Å². The van der Waals surface area contributed by atoms with Crippen LogP contribution in [0.5, 0.6) is 0 Å². The predicted octanol–water partition coefficient (Wildman–Crippen LogP) is 15.6. The van der Waals surface area contributed by atoms with Gasteiger partial charge in [-0.25, -0.2) is 0 Å². The largest absolute Gasteiger partial charge is 0.112 e. The molecular weight excluding hydrogens is 492 g/mol. The smallest absolute Gasteiger partial charge is 0.0191 e. The van der Waals surface area contributed by atoms with E-state index in [9.17, 15) is 0 Å². The van der Waals surface area contributed by atoms with E-state index in [2.05, 4.69) is 121 Å². The molecule has 0 saturated carbocycles. The topological polar surface area (TPSA) is 0 Å². The van der Waals surface area contributed by atoms with Gasteiger partial charge in [0.15, 0.2) is 0 Å². The van der Waals surface area contributed by atoms with Crippen LogP contribution >= 0.6 is 0 Å². The first-order chi connectivity index (χ1) is 19.4. The molecule has 0 bridgehead atoms. The summed E-state index contributed by atoms with van der Waals surface area (Å²) in [6, 6.07) is 0. The van der Waals surface area contributed by atoms with Gasteiger partial charge in [0, 0.05) is 5.57 Å². The zero-order valence-electron chi connectivity index (χ0n) is 31.9. The predicted molar refractivity (Wildman–Crippen MR) is 198 cm³/mol. The van der Waals surface area contributed by atoms with Gasteiger partial charge in [-0.2, -0.15) is 0 Å². The Morgan fingerprint density at radius 3 is 1.59 bits per heavy atom. The maximum atomic E-state index is 4.25. The van der Waals surface area contributed by atoms with Crippen LogP contribution in [0.4, 0.5) is 0 Å². The SMILES string of the molecule is C=C(CC(C)CC(C)CC)C1=C=CC(C)=C(C)C=C1.CC.CC.CCC.CCCC(C)=C(C)C.CCCCCCC. The summed E-state index contributed by atoms with van der Waals surface area (Å²) < 4.78 is 0. The summed E-state index contributed by atoms with van der Waals surface area (Å²) in [5, 5.41) is 0. The van der Waals surface area contributed by atoms with E-state index in [1.165, 1.54) is 86.5 Å². The molecule has 0 aliphatic heterocycles. The van der Waals surface area contributed by atoms with Crippen molar-refractivity contribution in [2.75, 3.05) is 0 Å². The summed E-state index contributed by atoms with van der Waals surface area (Å²) in [7, 11) is 0. The van der Waals surface area contributed by atoms with Gasteiger partial charge < -0.3 is 0 Å². The highest BCUT2D eigenvalue weighted by Gasteiger charge is 2.10. The average Bonchev–Trinajstić information content (AvgIpc) is 3.12. The van der Waals surface area contributed by atoms with E-state index in [1.54, 1.807) is 5.57 Å². The van der Waals surface area contributed by atoms with Gasteiger partial charge in [-0.1, -0.05) is 158 Å². The Morgan fingerprint density at radius 2 is 1.22 bits per heavy atom. The van der Waals surface area contributed by atoms with Gasteiger partial charge in [0.05, 0.1) is 0 Å². The highest BCUT2D eigenvalue weighted by atomic mass is 14.2. The lowest BCUT2D eigenvalue weighted by Crippen LogP contribution is -2.03. The van der Waals surface area contributed by atoms with Crippen molar-refractivity contribution >= 4 is 0 Å². The van der Waals surface area contributed by atoms with E-state index >= 15 is 0 Å². The molecule has 2 atom stereocenters. The van der Waals surface area contributed by atoms with Crippen LogP contribution < -0.4 is 0 Å². The second-order valence-electron chi connectivity index (χ2n) is 11.4. The molecule has 244 valence electrons. The fourth-order valence-corrected chi connectivity index (χ4v) is 3.68. The van der Waals surface area contributed by atoms with Crippen molar-refractivity contribution in [3.8, 4) is 0 Å². The van der Waals surface area contributed by atoms with E-state index in [4.69, 9.17) is 0 Å². The van der Waals surface area contributed by atoms with Crippen LogP contribution in [-0.4, -0.2) is 0 Å². The van der Waals surface area contributed by atoms with E-state index in [0.717, 1.165) is 17.9 Å². The first kappa shape index (κ1) is 49.2. The van der Waals surface area contributed by atoms with Gasteiger partial charge in [-0.3, -0.25) is 0 Å². The lowest BCUT2D eigenvalue weighted by atomic mass is 9.89. The maximum absolute atomic E-state index is 4.25. The summed E-state index contributed by atoms with van der Waals surface area (Å²) >= 11 is 0. The van der Waals surface area contributed by atoms with E-state index < -0.39 is 0 Å². The summed E-state index contributed by atoms with van der Waals surface area (Å²) in [4.78, 5) is 0. The number of hydrogen-bond donors (Lipinski definition) is 0. The Labute approximate surface area is 263 Å². The molecule has 1 aliphatic rings. The molecule has 0 fully saturated rings. The van der Waals surface area contributed by atoms with Gasteiger partial charge in [-0.05, 0) is 94.6 Å². The van der Waals surface area contributed by atoms with Crippen molar-refractivity contribution in [1.29, 1.82) is 0 Å². The molecule has 2 unspecified atom stereocenters. The molecule has 0 heteroatoms. The Hall–Kier alpha value is -1.52. The fourth-order valence-electron chi connectivity index (χ4n) is 3.68. The van der Waals surface area contributed by atoms with Crippen LogP contribution in [0.2, 0.25) is 0 Å². The molecule has 0 radical (unpaired) electrons. The first-order valence-corrected chi connectivity index (χ1v) is 17.6. The van der Waals surface area contributed by atoms with Crippen LogP contribution in [-0.2, 0) is 0 Å². The Balaban J connectivity index is -0.000000163. The van der Waals surface area contributed by atoms with Crippen LogP contribution in [0.3, 0.4) is 0 Å². The Bertz CT molecular complexity index is 707. The quantitative estimate of drug-likeness (QED) is 0.124. The molecule has 0 aromatic carbocycles. The third kappa shape index (κ3) is 36.5. The molecule has 0 amide bonds. The van der Waals surface area contributed by atoms with Gasteiger partial charge in [0.1, 0.15) is 0 Å². The van der Waals surface area contributed by atoms with E-state index in [1.807, 2.05) is 27.7 Å². The number of allylic oxidation sites excluding steroid dienone is 8. The minimum atomic E-state index is 0.698. The second-order valence-corrected chi connectivity index (χ2v) is 11.4. The molecule has 0 aromatic heterocycles. The zero-order valence-corrected chi connectivity index (χ0v) is 31.9. The Morgan fingerprint density at radius 1 is 0.732 bits per heavy atom. The Kier molecular flexibility index (Phi) is 46.1. The van der Waals surface area contributed by atoms with Crippen molar-refractivity contribution in [2.24, 2.45) is 11.8 Å². The molecule has 1 rings (SSSR count). The highest BCUT2D eigenvalue weighted by molar-refractivity contribution is 5.45. The van der Waals surface area contributed by atoms with Crippen molar-refractivity contribution in [2.45, 2.75) is 188 Å². The van der Waals surface area contributed by atoms with Gasteiger partial charge in [0.25, 0.3) is 0 Å². The summed E-state index contributed by atoms with van der Waals surface area (Å²) in [6.07, 6.45) is 20.8. The summed E-state index contributed by atoms with van der Waals surface area (Å²) in [6.45, 7) is 41.0. The highest BCUT2D eigenvalue weighted by Crippen LogP contribution is 2.25. The standard InChI is InChI=1S/C19H28.C8H16.C7H16.C3H8.2C2H6/c1-7-14(2)12-15(3)13-18(6)19-10-8-16(4)17(5)9-11-19;1-5-6-8(4)7(2)3;1-3-5-7-6-4-2;1-3-2;2*1-2/h8-10,14-15H,6-7,12-13H2,1-5H3;5-6H2,1-4H3;3-7H2,1-2H3;3H2,1-2H3;2*1-2H3. The molecule has 0 N–H and O–H groups in total. The van der Waals surface area contributed by atoms with Crippen LogP contribution in [0.25, 0.3) is 0 Å². The third-order valence-corrected chi connectivity index (χ3v) is 6.73. The van der Waals surface area contributed by atoms with Crippen LogP contribution in [0.1, 0.15) is 188 Å². The molecule has 1 aliphatic carbocycles. The van der Waals surface area contributed by atoms with Crippen LogP contribution in [0, 0.1) is 11.8 Å². The molecular formula is C41H80. The number of rotatable bonds is 12. The molecule has 0 spiro atoms. The first-order valence-electron chi connectivity index (χ1n) is 17.6. The number of unbranched alkanes of at least 4 members (excludes halogenated alkanes) is 4. The third-order valence-electron chi connectivity index (χ3n) is 6.73. The molecule has 0 aromatic rings. The lowest BCUT2D eigenvalue weighted by Gasteiger charge is -2.17. The van der Waals surface area contributed by atoms with Gasteiger partial charge in [-0.15, -0.1) is 5.73 Å². The monoisotopic (exact) mass is 573 g/mol. The average molecular weight is 573 g/mol. The minimum absolute atomic E-state index is 0.698. The van der Waals surface area contributed by atoms with Crippen molar-refractivity contribution < 1.29 is 0 Å². The van der Waals surface area contributed by atoms with E-state index in [0.29, 0.717) is 5.92 Å². The van der Waals surface area contributed by atoms with Crippen molar-refractivity contribution in [1.82, 2.24) is 0 Å². The molecule has 0 saturated heterocycles. The summed E-state index contributed by atoms with van der Waals surface area (Å²) in [5.74, 6) is 1.51. The lowest BCUT2D eigenvalue weighted by molar-refractivity contribution is 0.405. The zero-order chi connectivity index (χ0) is 33.2. The van der Waals surface area contributed by atoms with Gasteiger partial charge >= 0.3 is 0 Å². The fraction of sp³-hybridized carbons (Fsp3) is 0.732. The van der Waals surface area contributed by atoms with Crippen molar-refractivity contribution in [3.05, 3.63) is 64.0 Å².